The van der Waals surface area contributed by atoms with Gasteiger partial charge in [0, 0.05) is 7.11 Å². The maximum absolute atomic E-state index is 12.1. The molecule has 1 fully saturated rings. The maximum Gasteiger partial charge on any atom is 0.258 e. The standard InChI is InChI=1S/C22H30O2Si/c1-21(2,14-15-22(16-17-22)18-24-3)25(23,19-10-6-4-7-11-19)20-12-8-5-9-13-20/h4-13,23H,14-18H2,1-3H3. The van der Waals surface area contributed by atoms with Crippen LogP contribution in [0.2, 0.25) is 5.04 Å². The fraction of sp³-hybridized carbons (Fsp3) is 0.455. The van der Waals surface area contributed by atoms with Gasteiger partial charge in [0.15, 0.2) is 0 Å². The topological polar surface area (TPSA) is 29.5 Å². The fourth-order valence-electron chi connectivity index (χ4n) is 4.01. The van der Waals surface area contributed by atoms with Crippen molar-refractivity contribution >= 4 is 18.7 Å². The molecule has 1 N–H and O–H groups in total. The van der Waals surface area contributed by atoms with Gasteiger partial charge < -0.3 is 9.53 Å². The van der Waals surface area contributed by atoms with Gasteiger partial charge in [0.1, 0.15) is 0 Å². The summed E-state index contributed by atoms with van der Waals surface area (Å²) in [7, 11) is -1.07. The van der Waals surface area contributed by atoms with E-state index in [0.29, 0.717) is 5.41 Å². The Bertz CT molecular complexity index is 638. The lowest BCUT2D eigenvalue weighted by molar-refractivity contribution is 0.132. The Morgan fingerprint density at radius 3 is 1.84 bits per heavy atom. The van der Waals surface area contributed by atoms with Crippen LogP contribution in [-0.2, 0) is 4.74 Å². The number of hydrogen-bond acceptors (Lipinski definition) is 2. The Labute approximate surface area is 153 Å². The molecule has 0 amide bonds. The zero-order valence-electron chi connectivity index (χ0n) is 15.7. The van der Waals surface area contributed by atoms with Gasteiger partial charge in [0.25, 0.3) is 8.32 Å². The Hall–Kier alpha value is -1.42. The number of rotatable bonds is 8. The van der Waals surface area contributed by atoms with Crippen molar-refractivity contribution in [2.75, 3.05) is 13.7 Å². The largest absolute Gasteiger partial charge is 0.424 e. The third-order valence-electron chi connectivity index (χ3n) is 6.05. The molecule has 0 atom stereocenters. The molecule has 2 aromatic carbocycles. The molecule has 0 heterocycles. The average Bonchev–Trinajstić information content (AvgIpc) is 3.41. The molecule has 25 heavy (non-hydrogen) atoms. The lowest BCUT2D eigenvalue weighted by Crippen LogP contribution is -2.65. The summed E-state index contributed by atoms with van der Waals surface area (Å²) in [6.45, 7) is 5.35. The summed E-state index contributed by atoms with van der Waals surface area (Å²) in [5, 5.41) is 2.05. The van der Waals surface area contributed by atoms with E-state index in [1.165, 1.54) is 12.8 Å². The summed E-state index contributed by atoms with van der Waals surface area (Å²) >= 11 is 0. The minimum atomic E-state index is -2.87. The van der Waals surface area contributed by atoms with Crippen LogP contribution in [0.3, 0.4) is 0 Å². The van der Waals surface area contributed by atoms with Crippen molar-refractivity contribution in [1.29, 1.82) is 0 Å². The van der Waals surface area contributed by atoms with Gasteiger partial charge in [0.2, 0.25) is 0 Å². The average molecular weight is 355 g/mol. The second-order valence-electron chi connectivity index (χ2n) is 8.26. The molecular weight excluding hydrogens is 324 g/mol. The van der Waals surface area contributed by atoms with E-state index in [4.69, 9.17) is 4.74 Å². The van der Waals surface area contributed by atoms with Crippen molar-refractivity contribution in [2.24, 2.45) is 5.41 Å². The van der Waals surface area contributed by atoms with Crippen LogP contribution < -0.4 is 10.4 Å². The van der Waals surface area contributed by atoms with Crippen LogP contribution in [0, 0.1) is 5.41 Å². The van der Waals surface area contributed by atoms with E-state index in [1.54, 1.807) is 7.11 Å². The van der Waals surface area contributed by atoms with E-state index in [1.807, 2.05) is 36.4 Å². The highest BCUT2D eigenvalue weighted by molar-refractivity contribution is 6.98. The first kappa shape index (κ1) is 18.4. The molecule has 0 aliphatic heterocycles. The number of benzene rings is 2. The van der Waals surface area contributed by atoms with Crippen molar-refractivity contribution in [3.63, 3.8) is 0 Å². The molecule has 0 spiro atoms. The van der Waals surface area contributed by atoms with Gasteiger partial charge >= 0.3 is 0 Å². The summed E-state index contributed by atoms with van der Waals surface area (Å²) in [5.41, 5.74) is 0.356. The van der Waals surface area contributed by atoms with Gasteiger partial charge in [-0.1, -0.05) is 74.5 Å². The molecule has 0 unspecified atom stereocenters. The molecule has 0 radical (unpaired) electrons. The summed E-state index contributed by atoms with van der Waals surface area (Å²) in [5.74, 6) is 0. The molecule has 0 aromatic heterocycles. The second kappa shape index (κ2) is 7.06. The van der Waals surface area contributed by atoms with Crippen molar-refractivity contribution in [2.45, 2.75) is 44.6 Å². The maximum atomic E-state index is 12.1. The van der Waals surface area contributed by atoms with Crippen LogP contribution in [-0.4, -0.2) is 26.8 Å². The molecule has 1 saturated carbocycles. The van der Waals surface area contributed by atoms with Gasteiger partial charge in [-0.05, 0) is 46.5 Å². The number of hydrogen-bond donors (Lipinski definition) is 1. The highest BCUT2D eigenvalue weighted by atomic mass is 28.4. The molecule has 2 nitrogen and oxygen atoms in total. The molecule has 3 heteroatoms. The van der Waals surface area contributed by atoms with E-state index in [9.17, 15) is 4.80 Å². The van der Waals surface area contributed by atoms with Crippen LogP contribution in [0.4, 0.5) is 0 Å². The van der Waals surface area contributed by atoms with Gasteiger partial charge in [-0.3, -0.25) is 0 Å². The minimum Gasteiger partial charge on any atom is -0.424 e. The van der Waals surface area contributed by atoms with E-state index in [-0.39, 0.29) is 5.04 Å². The Kier molecular flexibility index (Phi) is 5.19. The Morgan fingerprint density at radius 1 is 0.960 bits per heavy atom. The zero-order valence-corrected chi connectivity index (χ0v) is 16.7. The van der Waals surface area contributed by atoms with E-state index in [2.05, 4.69) is 38.1 Å². The number of methoxy groups -OCH3 is 1. The van der Waals surface area contributed by atoms with Gasteiger partial charge in [-0.25, -0.2) is 0 Å². The lowest BCUT2D eigenvalue weighted by atomic mass is 9.95. The van der Waals surface area contributed by atoms with Crippen LogP contribution in [0.15, 0.2) is 60.7 Å². The van der Waals surface area contributed by atoms with Gasteiger partial charge in [0.05, 0.1) is 6.61 Å². The van der Waals surface area contributed by atoms with Crippen molar-refractivity contribution in [3.05, 3.63) is 60.7 Å². The molecule has 134 valence electrons. The van der Waals surface area contributed by atoms with E-state index in [0.717, 1.165) is 29.8 Å². The molecule has 0 saturated heterocycles. The normalized spacial score (nSPS) is 16.6. The monoisotopic (exact) mass is 354 g/mol. The molecule has 0 bridgehead atoms. The second-order valence-corrected chi connectivity index (χ2v) is 12.2. The fourth-order valence-corrected chi connectivity index (χ4v) is 7.75. The molecule has 3 rings (SSSR count). The first-order chi connectivity index (χ1) is 11.9. The summed E-state index contributed by atoms with van der Waals surface area (Å²) in [6, 6.07) is 20.6. The van der Waals surface area contributed by atoms with Crippen LogP contribution in [0.1, 0.15) is 39.5 Å². The highest BCUT2D eigenvalue weighted by Crippen LogP contribution is 2.53. The zero-order chi connectivity index (χ0) is 18.0. The summed E-state index contributed by atoms with van der Waals surface area (Å²) in [4.78, 5) is 12.1. The molecule has 1 aliphatic rings. The third-order valence-corrected chi connectivity index (χ3v) is 10.6. The third kappa shape index (κ3) is 3.59. The van der Waals surface area contributed by atoms with Gasteiger partial charge in [-0.2, -0.15) is 0 Å². The van der Waals surface area contributed by atoms with Crippen molar-refractivity contribution in [1.82, 2.24) is 0 Å². The quantitative estimate of drug-likeness (QED) is 0.732. The van der Waals surface area contributed by atoms with Crippen molar-refractivity contribution < 1.29 is 9.53 Å². The Balaban J connectivity index is 1.94. The van der Waals surface area contributed by atoms with Gasteiger partial charge in [-0.15, -0.1) is 0 Å². The number of ether oxygens (including phenoxy) is 1. The molecular formula is C22H30O2Si. The summed E-state index contributed by atoms with van der Waals surface area (Å²) in [6.07, 6.45) is 4.66. The van der Waals surface area contributed by atoms with E-state index < -0.39 is 8.32 Å². The van der Waals surface area contributed by atoms with Crippen molar-refractivity contribution in [3.8, 4) is 0 Å². The smallest absolute Gasteiger partial charge is 0.258 e. The van der Waals surface area contributed by atoms with Crippen LogP contribution in [0.25, 0.3) is 0 Å². The predicted octanol–water partition coefficient (Wildman–Crippen LogP) is 3.73. The lowest BCUT2D eigenvalue weighted by Gasteiger charge is -2.42. The first-order valence-electron chi connectivity index (χ1n) is 9.26. The van der Waals surface area contributed by atoms with Crippen LogP contribution >= 0.6 is 0 Å². The first-order valence-corrected chi connectivity index (χ1v) is 11.2. The minimum absolute atomic E-state index is 0.154. The molecule has 1 aliphatic carbocycles. The summed E-state index contributed by atoms with van der Waals surface area (Å²) < 4.78 is 5.44. The van der Waals surface area contributed by atoms with E-state index >= 15 is 0 Å². The SMILES string of the molecule is COCC1(CCC(C)(C)[Si](O)(c2ccccc2)c2ccccc2)CC1. The highest BCUT2D eigenvalue weighted by Gasteiger charge is 2.52. The van der Waals surface area contributed by atoms with Crippen LogP contribution in [0.5, 0.6) is 0 Å². The predicted molar refractivity (Wildman–Crippen MR) is 107 cm³/mol. The Morgan fingerprint density at radius 2 is 1.44 bits per heavy atom. The molecule has 2 aromatic rings.